The van der Waals surface area contributed by atoms with E-state index in [9.17, 15) is 18.0 Å². The SMILES string of the molecule is CC1(C)CN(C(=O)CCC(F)(F)F)c2ccc(Br)cc2O1. The van der Waals surface area contributed by atoms with E-state index >= 15 is 0 Å². The van der Waals surface area contributed by atoms with Gasteiger partial charge in [0.05, 0.1) is 18.7 Å². The highest BCUT2D eigenvalue weighted by Gasteiger charge is 2.36. The third-order valence-electron chi connectivity index (χ3n) is 3.06. The van der Waals surface area contributed by atoms with Gasteiger partial charge < -0.3 is 9.64 Å². The maximum atomic E-state index is 12.3. The molecule has 21 heavy (non-hydrogen) atoms. The maximum absolute atomic E-state index is 12.3. The summed E-state index contributed by atoms with van der Waals surface area (Å²) in [6.45, 7) is 3.81. The van der Waals surface area contributed by atoms with Crippen LogP contribution in [-0.2, 0) is 4.79 Å². The number of anilines is 1. The first-order chi connectivity index (χ1) is 9.57. The van der Waals surface area contributed by atoms with Gasteiger partial charge in [0.2, 0.25) is 5.91 Å². The summed E-state index contributed by atoms with van der Waals surface area (Å²) in [5.41, 5.74) is -0.147. The molecule has 0 bridgehead atoms. The minimum Gasteiger partial charge on any atom is -0.484 e. The lowest BCUT2D eigenvalue weighted by atomic mass is 10.0. The van der Waals surface area contributed by atoms with E-state index in [4.69, 9.17) is 4.74 Å². The van der Waals surface area contributed by atoms with Crippen molar-refractivity contribution in [1.82, 2.24) is 0 Å². The molecule has 2 rings (SSSR count). The Labute approximate surface area is 129 Å². The molecule has 1 aliphatic heterocycles. The highest BCUT2D eigenvalue weighted by molar-refractivity contribution is 9.10. The molecule has 0 saturated carbocycles. The Hall–Kier alpha value is -1.24. The van der Waals surface area contributed by atoms with Crippen molar-refractivity contribution in [1.29, 1.82) is 0 Å². The van der Waals surface area contributed by atoms with E-state index in [1.54, 1.807) is 32.0 Å². The number of ether oxygens (including phenoxy) is 1. The van der Waals surface area contributed by atoms with E-state index in [0.29, 0.717) is 11.4 Å². The Morgan fingerprint density at radius 1 is 1.43 bits per heavy atom. The van der Waals surface area contributed by atoms with Crippen molar-refractivity contribution in [2.24, 2.45) is 0 Å². The van der Waals surface area contributed by atoms with Crippen molar-refractivity contribution in [3.05, 3.63) is 22.7 Å². The van der Waals surface area contributed by atoms with Crippen LogP contribution in [0.4, 0.5) is 18.9 Å². The van der Waals surface area contributed by atoms with E-state index in [1.165, 1.54) is 4.90 Å². The maximum Gasteiger partial charge on any atom is 0.389 e. The van der Waals surface area contributed by atoms with Crippen LogP contribution in [0, 0.1) is 0 Å². The van der Waals surface area contributed by atoms with Gasteiger partial charge in [-0.3, -0.25) is 4.79 Å². The van der Waals surface area contributed by atoms with E-state index in [2.05, 4.69) is 15.9 Å². The molecule has 0 aliphatic carbocycles. The topological polar surface area (TPSA) is 29.5 Å². The van der Waals surface area contributed by atoms with Gasteiger partial charge in [-0.2, -0.15) is 13.2 Å². The second-order valence-corrected chi connectivity index (χ2v) is 6.48. The van der Waals surface area contributed by atoms with Crippen LogP contribution in [0.25, 0.3) is 0 Å². The molecule has 1 heterocycles. The summed E-state index contributed by atoms with van der Waals surface area (Å²) in [6.07, 6.45) is -6.01. The molecule has 0 atom stereocenters. The van der Waals surface area contributed by atoms with Crippen LogP contribution in [0.5, 0.6) is 5.75 Å². The molecule has 7 heteroatoms. The fourth-order valence-corrected chi connectivity index (χ4v) is 2.53. The van der Waals surface area contributed by atoms with Crippen LogP contribution in [0.15, 0.2) is 22.7 Å². The zero-order valence-electron chi connectivity index (χ0n) is 11.6. The van der Waals surface area contributed by atoms with Gasteiger partial charge >= 0.3 is 6.18 Å². The molecule has 1 aromatic rings. The number of fused-ring (bicyclic) bond motifs is 1. The van der Waals surface area contributed by atoms with Gasteiger partial charge in [-0.05, 0) is 32.0 Å². The average Bonchev–Trinajstić information content (AvgIpc) is 2.32. The lowest BCUT2D eigenvalue weighted by Gasteiger charge is -2.39. The Kier molecular flexibility index (Phi) is 4.24. The Bertz CT molecular complexity index is 558. The summed E-state index contributed by atoms with van der Waals surface area (Å²) < 4.78 is 43.4. The van der Waals surface area contributed by atoms with Crippen molar-refractivity contribution in [2.75, 3.05) is 11.4 Å². The molecule has 0 aromatic heterocycles. The van der Waals surface area contributed by atoms with Gasteiger partial charge in [0.1, 0.15) is 11.4 Å². The number of alkyl halides is 3. The fraction of sp³-hybridized carbons (Fsp3) is 0.500. The Morgan fingerprint density at radius 3 is 2.71 bits per heavy atom. The monoisotopic (exact) mass is 365 g/mol. The molecule has 1 aromatic carbocycles. The number of amides is 1. The standard InChI is InChI=1S/C14H15BrF3NO2/c1-13(2)8-19(12(20)5-6-14(16,17)18)10-4-3-9(15)7-11(10)21-13/h3-4,7H,5-6,8H2,1-2H3. The van der Waals surface area contributed by atoms with Crippen LogP contribution in [0.2, 0.25) is 0 Å². The van der Waals surface area contributed by atoms with Crippen LogP contribution < -0.4 is 9.64 Å². The molecule has 1 aliphatic rings. The smallest absolute Gasteiger partial charge is 0.389 e. The van der Waals surface area contributed by atoms with Gasteiger partial charge in [-0.25, -0.2) is 0 Å². The van der Waals surface area contributed by atoms with E-state index in [1.807, 2.05) is 0 Å². The van der Waals surface area contributed by atoms with E-state index in [0.717, 1.165) is 4.47 Å². The number of benzene rings is 1. The molecule has 0 unspecified atom stereocenters. The summed E-state index contributed by atoms with van der Waals surface area (Å²) in [6, 6.07) is 5.10. The second kappa shape index (κ2) is 5.51. The van der Waals surface area contributed by atoms with Crippen molar-refractivity contribution in [3.63, 3.8) is 0 Å². The normalized spacial score (nSPS) is 17.1. The van der Waals surface area contributed by atoms with Crippen LogP contribution in [0.3, 0.4) is 0 Å². The fourth-order valence-electron chi connectivity index (χ4n) is 2.19. The van der Waals surface area contributed by atoms with Gasteiger partial charge in [-0.15, -0.1) is 0 Å². The third kappa shape index (κ3) is 4.12. The quantitative estimate of drug-likeness (QED) is 0.781. The zero-order chi connectivity index (χ0) is 15.8. The highest BCUT2D eigenvalue weighted by atomic mass is 79.9. The second-order valence-electron chi connectivity index (χ2n) is 5.57. The molecular weight excluding hydrogens is 351 g/mol. The van der Waals surface area contributed by atoms with Crippen molar-refractivity contribution in [2.45, 2.75) is 38.5 Å². The first kappa shape index (κ1) is 16.1. The van der Waals surface area contributed by atoms with Gasteiger partial charge in [0.25, 0.3) is 0 Å². The number of rotatable bonds is 2. The largest absolute Gasteiger partial charge is 0.484 e. The summed E-state index contributed by atoms with van der Waals surface area (Å²) in [7, 11) is 0. The number of halogens is 4. The van der Waals surface area contributed by atoms with Crippen LogP contribution >= 0.6 is 15.9 Å². The first-order valence-electron chi connectivity index (χ1n) is 6.43. The number of carbonyl (C=O) groups excluding carboxylic acids is 1. The molecule has 1 amide bonds. The molecule has 3 nitrogen and oxygen atoms in total. The number of hydrogen-bond donors (Lipinski definition) is 0. The number of nitrogens with zero attached hydrogens (tertiary/aromatic N) is 1. The Balaban J connectivity index is 2.25. The van der Waals surface area contributed by atoms with Crippen molar-refractivity contribution >= 4 is 27.5 Å². The van der Waals surface area contributed by atoms with Gasteiger partial charge in [0.15, 0.2) is 0 Å². The molecular formula is C14H15BrF3NO2. The molecule has 0 spiro atoms. The summed E-state index contributed by atoms with van der Waals surface area (Å²) >= 11 is 3.31. The Morgan fingerprint density at radius 2 is 2.10 bits per heavy atom. The van der Waals surface area contributed by atoms with Crippen molar-refractivity contribution in [3.8, 4) is 5.75 Å². The molecule has 0 fully saturated rings. The lowest BCUT2D eigenvalue weighted by Crippen LogP contribution is -2.49. The summed E-state index contributed by atoms with van der Waals surface area (Å²) in [5.74, 6) is -0.0618. The average molecular weight is 366 g/mol. The van der Waals surface area contributed by atoms with Crippen molar-refractivity contribution < 1.29 is 22.7 Å². The molecule has 116 valence electrons. The highest BCUT2D eigenvalue weighted by Crippen LogP contribution is 2.39. The van der Waals surface area contributed by atoms with Gasteiger partial charge in [0, 0.05) is 10.9 Å². The molecule has 0 N–H and O–H groups in total. The summed E-state index contributed by atoms with van der Waals surface area (Å²) in [4.78, 5) is 13.5. The predicted octanol–water partition coefficient (Wildman–Crippen LogP) is 4.30. The van der Waals surface area contributed by atoms with Crippen LogP contribution in [0.1, 0.15) is 26.7 Å². The summed E-state index contributed by atoms with van der Waals surface area (Å²) in [5, 5.41) is 0. The number of carbonyl (C=O) groups is 1. The minimum atomic E-state index is -4.33. The van der Waals surface area contributed by atoms with E-state index in [-0.39, 0.29) is 6.54 Å². The third-order valence-corrected chi connectivity index (χ3v) is 3.55. The molecule has 0 saturated heterocycles. The minimum absolute atomic E-state index is 0.221. The van der Waals surface area contributed by atoms with Crippen LogP contribution in [-0.4, -0.2) is 24.2 Å². The molecule has 0 radical (unpaired) electrons. The number of hydrogen-bond acceptors (Lipinski definition) is 2. The van der Waals surface area contributed by atoms with E-state index < -0.39 is 30.5 Å². The predicted molar refractivity (Wildman–Crippen MR) is 76.5 cm³/mol. The first-order valence-corrected chi connectivity index (χ1v) is 7.22. The van der Waals surface area contributed by atoms with Gasteiger partial charge in [-0.1, -0.05) is 15.9 Å². The lowest BCUT2D eigenvalue weighted by molar-refractivity contribution is -0.143. The zero-order valence-corrected chi connectivity index (χ0v) is 13.2.